The van der Waals surface area contributed by atoms with Crippen molar-refractivity contribution in [3.05, 3.63) is 70.1 Å². The van der Waals surface area contributed by atoms with E-state index in [9.17, 15) is 9.18 Å². The summed E-state index contributed by atoms with van der Waals surface area (Å²) < 4.78 is 13.5. The molecular formula is C19H18ClFN2O. The molecule has 0 saturated carbocycles. The summed E-state index contributed by atoms with van der Waals surface area (Å²) in [6, 6.07) is 11.9. The van der Waals surface area contributed by atoms with Gasteiger partial charge in [-0.1, -0.05) is 23.7 Å². The summed E-state index contributed by atoms with van der Waals surface area (Å²) in [5, 5.41) is 4.44. The largest absolute Gasteiger partial charge is 0.358 e. The maximum absolute atomic E-state index is 13.5. The summed E-state index contributed by atoms with van der Waals surface area (Å²) in [6.07, 6.45) is 0.973. The molecule has 1 amide bonds. The van der Waals surface area contributed by atoms with Gasteiger partial charge in [0, 0.05) is 28.2 Å². The number of aryl methyl sites for hydroxylation is 1. The van der Waals surface area contributed by atoms with Gasteiger partial charge in [-0.3, -0.25) is 4.79 Å². The number of aromatic nitrogens is 1. The SMILES string of the molecule is Cc1[nH]c2ccc(F)cc2c1CCNC(=O)Cc1ccc(Cl)cc1. The van der Waals surface area contributed by atoms with Crippen molar-refractivity contribution >= 4 is 28.4 Å². The van der Waals surface area contributed by atoms with E-state index in [0.717, 1.165) is 27.7 Å². The van der Waals surface area contributed by atoms with Crippen LogP contribution in [-0.4, -0.2) is 17.4 Å². The molecule has 3 aromatic rings. The fraction of sp³-hybridized carbons (Fsp3) is 0.211. The van der Waals surface area contributed by atoms with E-state index in [2.05, 4.69) is 10.3 Å². The molecule has 1 heterocycles. The summed E-state index contributed by atoms with van der Waals surface area (Å²) in [4.78, 5) is 15.3. The lowest BCUT2D eigenvalue weighted by atomic mass is 10.1. The van der Waals surface area contributed by atoms with Crippen LogP contribution in [0.3, 0.4) is 0 Å². The first-order chi connectivity index (χ1) is 11.5. The number of aromatic amines is 1. The molecule has 2 aromatic carbocycles. The fourth-order valence-corrected chi connectivity index (χ4v) is 2.98. The molecule has 0 aliphatic heterocycles. The molecule has 0 saturated heterocycles. The zero-order chi connectivity index (χ0) is 17.1. The summed E-state index contributed by atoms with van der Waals surface area (Å²) in [6.45, 7) is 2.47. The Morgan fingerprint density at radius 2 is 1.96 bits per heavy atom. The van der Waals surface area contributed by atoms with E-state index in [-0.39, 0.29) is 11.7 Å². The van der Waals surface area contributed by atoms with Gasteiger partial charge in [0.05, 0.1) is 6.42 Å². The Labute approximate surface area is 144 Å². The van der Waals surface area contributed by atoms with E-state index < -0.39 is 0 Å². The number of carbonyl (C=O) groups is 1. The van der Waals surface area contributed by atoms with Crippen LogP contribution in [0, 0.1) is 12.7 Å². The molecule has 5 heteroatoms. The van der Waals surface area contributed by atoms with Crippen molar-refractivity contribution in [2.75, 3.05) is 6.54 Å². The third-order valence-electron chi connectivity index (χ3n) is 4.06. The quantitative estimate of drug-likeness (QED) is 0.717. The highest BCUT2D eigenvalue weighted by Gasteiger charge is 2.10. The minimum absolute atomic E-state index is 0.0407. The Hall–Kier alpha value is -2.33. The Bertz CT molecular complexity index is 871. The van der Waals surface area contributed by atoms with Gasteiger partial charge >= 0.3 is 0 Å². The van der Waals surface area contributed by atoms with Gasteiger partial charge in [-0.25, -0.2) is 4.39 Å². The third kappa shape index (κ3) is 3.77. The van der Waals surface area contributed by atoms with Crippen molar-refractivity contribution in [2.24, 2.45) is 0 Å². The minimum Gasteiger partial charge on any atom is -0.358 e. The molecular weight excluding hydrogens is 327 g/mol. The van der Waals surface area contributed by atoms with E-state index in [1.807, 2.05) is 19.1 Å². The molecule has 0 aliphatic rings. The van der Waals surface area contributed by atoms with Crippen molar-refractivity contribution in [3.63, 3.8) is 0 Å². The van der Waals surface area contributed by atoms with Crippen LogP contribution in [0.2, 0.25) is 5.02 Å². The molecule has 0 unspecified atom stereocenters. The van der Waals surface area contributed by atoms with Crippen molar-refractivity contribution < 1.29 is 9.18 Å². The highest BCUT2D eigenvalue weighted by atomic mass is 35.5. The predicted octanol–water partition coefficient (Wildman–Crippen LogP) is 4.17. The Kier molecular flexibility index (Phi) is 4.86. The van der Waals surface area contributed by atoms with Gasteiger partial charge in [-0.2, -0.15) is 0 Å². The first-order valence-electron chi connectivity index (χ1n) is 7.81. The van der Waals surface area contributed by atoms with Gasteiger partial charge < -0.3 is 10.3 Å². The third-order valence-corrected chi connectivity index (χ3v) is 4.31. The summed E-state index contributed by atoms with van der Waals surface area (Å²) in [5.41, 5.74) is 3.87. The van der Waals surface area contributed by atoms with Gasteiger partial charge in [0.25, 0.3) is 0 Å². The number of hydrogen-bond donors (Lipinski definition) is 2. The lowest BCUT2D eigenvalue weighted by Crippen LogP contribution is -2.27. The fourth-order valence-electron chi connectivity index (χ4n) is 2.85. The molecule has 0 atom stereocenters. The standard InChI is InChI=1S/C19H18ClFN2O/c1-12-16(17-11-15(21)6-7-18(17)23-12)8-9-22-19(24)10-13-2-4-14(20)5-3-13/h2-7,11,23H,8-10H2,1H3,(H,22,24). The number of hydrogen-bond acceptors (Lipinski definition) is 1. The van der Waals surface area contributed by atoms with Crippen LogP contribution in [0.5, 0.6) is 0 Å². The number of nitrogens with one attached hydrogen (secondary N) is 2. The van der Waals surface area contributed by atoms with Gasteiger partial charge in [-0.05, 0) is 54.8 Å². The van der Waals surface area contributed by atoms with Gasteiger partial charge in [-0.15, -0.1) is 0 Å². The monoisotopic (exact) mass is 344 g/mol. The second-order valence-corrected chi connectivity index (χ2v) is 6.26. The molecule has 0 spiro atoms. The lowest BCUT2D eigenvalue weighted by molar-refractivity contribution is -0.120. The highest BCUT2D eigenvalue weighted by Crippen LogP contribution is 2.23. The Morgan fingerprint density at radius 3 is 2.71 bits per heavy atom. The molecule has 0 fully saturated rings. The number of rotatable bonds is 5. The molecule has 3 rings (SSSR count). The summed E-state index contributed by atoms with van der Waals surface area (Å²) >= 11 is 5.83. The predicted molar refractivity (Wildman–Crippen MR) is 94.9 cm³/mol. The maximum Gasteiger partial charge on any atom is 0.224 e. The number of halogens is 2. The van der Waals surface area contributed by atoms with Crippen molar-refractivity contribution in [1.82, 2.24) is 10.3 Å². The molecule has 0 aliphatic carbocycles. The number of fused-ring (bicyclic) bond motifs is 1. The molecule has 0 bridgehead atoms. The molecule has 1 aromatic heterocycles. The number of H-pyrrole nitrogens is 1. The normalized spacial score (nSPS) is 11.0. The molecule has 24 heavy (non-hydrogen) atoms. The van der Waals surface area contributed by atoms with Crippen LogP contribution in [0.1, 0.15) is 16.8 Å². The zero-order valence-electron chi connectivity index (χ0n) is 13.3. The van der Waals surface area contributed by atoms with Gasteiger partial charge in [0.15, 0.2) is 0 Å². The van der Waals surface area contributed by atoms with Gasteiger partial charge in [0.2, 0.25) is 5.91 Å². The summed E-state index contributed by atoms with van der Waals surface area (Å²) in [7, 11) is 0. The van der Waals surface area contributed by atoms with Crippen LogP contribution in [0.25, 0.3) is 10.9 Å². The second kappa shape index (κ2) is 7.05. The van der Waals surface area contributed by atoms with Crippen LogP contribution in [0.4, 0.5) is 4.39 Å². The van der Waals surface area contributed by atoms with E-state index in [4.69, 9.17) is 11.6 Å². The number of carbonyl (C=O) groups excluding carboxylic acids is 1. The lowest BCUT2D eigenvalue weighted by Gasteiger charge is -2.06. The topological polar surface area (TPSA) is 44.9 Å². The molecule has 124 valence electrons. The van der Waals surface area contributed by atoms with Gasteiger partial charge in [0.1, 0.15) is 5.82 Å². The first kappa shape index (κ1) is 16.5. The van der Waals surface area contributed by atoms with E-state index in [1.165, 1.54) is 12.1 Å². The molecule has 2 N–H and O–H groups in total. The average Bonchev–Trinajstić information content (AvgIpc) is 2.85. The van der Waals surface area contributed by atoms with Crippen LogP contribution in [0.15, 0.2) is 42.5 Å². The first-order valence-corrected chi connectivity index (χ1v) is 8.18. The highest BCUT2D eigenvalue weighted by molar-refractivity contribution is 6.30. The second-order valence-electron chi connectivity index (χ2n) is 5.82. The molecule has 0 radical (unpaired) electrons. The van der Waals surface area contributed by atoms with E-state index >= 15 is 0 Å². The van der Waals surface area contributed by atoms with Crippen molar-refractivity contribution in [1.29, 1.82) is 0 Å². The van der Waals surface area contributed by atoms with Crippen LogP contribution in [-0.2, 0) is 17.6 Å². The maximum atomic E-state index is 13.5. The van der Waals surface area contributed by atoms with E-state index in [1.54, 1.807) is 18.2 Å². The number of amides is 1. The van der Waals surface area contributed by atoms with E-state index in [0.29, 0.717) is 24.4 Å². The van der Waals surface area contributed by atoms with Crippen molar-refractivity contribution in [2.45, 2.75) is 19.8 Å². The number of benzene rings is 2. The average molecular weight is 345 g/mol. The summed E-state index contributed by atoms with van der Waals surface area (Å²) in [5.74, 6) is -0.296. The van der Waals surface area contributed by atoms with Crippen LogP contribution < -0.4 is 5.32 Å². The Morgan fingerprint density at radius 1 is 1.21 bits per heavy atom. The van der Waals surface area contributed by atoms with Crippen LogP contribution >= 0.6 is 11.6 Å². The zero-order valence-corrected chi connectivity index (χ0v) is 14.1. The minimum atomic E-state index is -0.255. The smallest absolute Gasteiger partial charge is 0.224 e. The van der Waals surface area contributed by atoms with Crippen molar-refractivity contribution in [3.8, 4) is 0 Å². The Balaban J connectivity index is 1.60. The molecule has 3 nitrogen and oxygen atoms in total.